The molecule has 0 rings (SSSR count). The van der Waals surface area contributed by atoms with Crippen molar-refractivity contribution >= 4 is 10.1 Å². The third-order valence-corrected chi connectivity index (χ3v) is 5.81. The first-order valence-corrected chi connectivity index (χ1v) is 9.87. The Balaban J connectivity index is 4.85. The Bertz CT molecular complexity index is 325. The number of hydrogen-bond acceptors (Lipinski definition) is 2. The van der Waals surface area contributed by atoms with Gasteiger partial charge in [-0.3, -0.25) is 4.55 Å². The second-order valence-electron chi connectivity index (χ2n) is 6.02. The van der Waals surface area contributed by atoms with E-state index in [-0.39, 0.29) is 5.92 Å². The lowest BCUT2D eigenvalue weighted by atomic mass is 9.86. The largest absolute Gasteiger partial charge is 0.285 e. The Morgan fingerprint density at radius 2 is 1.45 bits per heavy atom. The van der Waals surface area contributed by atoms with Gasteiger partial charge in [0.2, 0.25) is 0 Å². The van der Waals surface area contributed by atoms with Crippen molar-refractivity contribution in [2.45, 2.75) is 90.7 Å². The molecule has 3 nitrogen and oxygen atoms in total. The lowest BCUT2D eigenvalue weighted by molar-refractivity contribution is 0.321. The van der Waals surface area contributed by atoms with Crippen LogP contribution < -0.4 is 0 Å². The van der Waals surface area contributed by atoms with E-state index in [9.17, 15) is 13.0 Å². The molecule has 0 aliphatic rings. The quantitative estimate of drug-likeness (QED) is 0.512. The summed E-state index contributed by atoms with van der Waals surface area (Å²) in [5.74, 6) is 0.512. The Morgan fingerprint density at radius 3 is 1.85 bits per heavy atom. The van der Waals surface area contributed by atoms with E-state index < -0.39 is 15.4 Å². The maximum Gasteiger partial charge on any atom is 0.268 e. The van der Waals surface area contributed by atoms with Crippen LogP contribution in [0.2, 0.25) is 0 Å². The zero-order valence-corrected chi connectivity index (χ0v) is 14.6. The fourth-order valence-electron chi connectivity index (χ4n) is 2.99. The summed E-state index contributed by atoms with van der Waals surface area (Å²) in [5, 5.41) is -0.569. The lowest BCUT2D eigenvalue weighted by Gasteiger charge is -2.27. The van der Waals surface area contributed by atoms with Crippen LogP contribution in [0.15, 0.2) is 0 Å². The molecule has 0 aromatic heterocycles. The van der Waals surface area contributed by atoms with Crippen LogP contribution in [0.25, 0.3) is 0 Å². The smallest absolute Gasteiger partial charge is 0.268 e. The zero-order chi connectivity index (χ0) is 15.6. The SMILES string of the molecule is CCCCC(CC)CC(C(CC)CCCC)S(=O)(=O)O. The Labute approximate surface area is 126 Å². The highest BCUT2D eigenvalue weighted by Crippen LogP contribution is 2.30. The fourth-order valence-corrected chi connectivity index (χ4v) is 4.32. The topological polar surface area (TPSA) is 54.4 Å². The van der Waals surface area contributed by atoms with Gasteiger partial charge in [-0.25, -0.2) is 0 Å². The Hall–Kier alpha value is -0.0900. The average Bonchev–Trinajstić information content (AvgIpc) is 2.40. The molecule has 0 bridgehead atoms. The normalized spacial score (nSPS) is 16.9. The van der Waals surface area contributed by atoms with Gasteiger partial charge in [0.1, 0.15) is 0 Å². The van der Waals surface area contributed by atoms with Crippen molar-refractivity contribution in [3.05, 3.63) is 0 Å². The molecule has 1 N–H and O–H groups in total. The highest BCUT2D eigenvalue weighted by molar-refractivity contribution is 7.86. The van der Waals surface area contributed by atoms with Gasteiger partial charge in [0, 0.05) is 0 Å². The summed E-state index contributed by atoms with van der Waals surface area (Å²) in [6, 6.07) is 0. The van der Waals surface area contributed by atoms with E-state index in [2.05, 4.69) is 20.8 Å². The summed E-state index contributed by atoms with van der Waals surface area (Å²) in [6.07, 6.45) is 8.81. The van der Waals surface area contributed by atoms with Crippen molar-refractivity contribution in [1.29, 1.82) is 0 Å². The molecule has 0 radical (unpaired) electrons. The average molecular weight is 307 g/mol. The molecule has 3 atom stereocenters. The fraction of sp³-hybridized carbons (Fsp3) is 1.00. The lowest BCUT2D eigenvalue weighted by Crippen LogP contribution is -2.31. The minimum absolute atomic E-state index is 0.0978. The maximum absolute atomic E-state index is 11.8. The number of hydrogen-bond donors (Lipinski definition) is 1. The third-order valence-electron chi connectivity index (χ3n) is 4.47. The third kappa shape index (κ3) is 7.63. The molecule has 0 heterocycles. The molecule has 4 heteroatoms. The van der Waals surface area contributed by atoms with Crippen molar-refractivity contribution < 1.29 is 13.0 Å². The van der Waals surface area contributed by atoms with Crippen LogP contribution in [0.5, 0.6) is 0 Å². The van der Waals surface area contributed by atoms with Gasteiger partial charge in [0.25, 0.3) is 10.1 Å². The van der Waals surface area contributed by atoms with Gasteiger partial charge < -0.3 is 0 Å². The first-order chi connectivity index (χ1) is 9.40. The second-order valence-corrected chi connectivity index (χ2v) is 7.65. The van der Waals surface area contributed by atoms with E-state index in [0.29, 0.717) is 12.3 Å². The van der Waals surface area contributed by atoms with Crippen LogP contribution in [-0.4, -0.2) is 18.2 Å². The highest BCUT2D eigenvalue weighted by Gasteiger charge is 2.32. The van der Waals surface area contributed by atoms with Crippen LogP contribution in [0.3, 0.4) is 0 Å². The van der Waals surface area contributed by atoms with Crippen molar-refractivity contribution in [3.8, 4) is 0 Å². The summed E-state index contributed by atoms with van der Waals surface area (Å²) in [7, 11) is -3.94. The molecular formula is C16H34O3S. The minimum Gasteiger partial charge on any atom is -0.285 e. The van der Waals surface area contributed by atoms with Gasteiger partial charge >= 0.3 is 0 Å². The van der Waals surface area contributed by atoms with Crippen molar-refractivity contribution in [2.24, 2.45) is 11.8 Å². The Kier molecular flexibility index (Phi) is 10.6. The van der Waals surface area contributed by atoms with E-state index >= 15 is 0 Å². The van der Waals surface area contributed by atoms with Gasteiger partial charge in [-0.1, -0.05) is 72.6 Å². The van der Waals surface area contributed by atoms with Gasteiger partial charge in [0.15, 0.2) is 0 Å². The molecule has 122 valence electrons. The summed E-state index contributed by atoms with van der Waals surface area (Å²) in [6.45, 7) is 8.42. The minimum atomic E-state index is -3.94. The molecule has 20 heavy (non-hydrogen) atoms. The van der Waals surface area contributed by atoms with Gasteiger partial charge in [0.05, 0.1) is 5.25 Å². The van der Waals surface area contributed by atoms with Crippen LogP contribution in [-0.2, 0) is 10.1 Å². The van der Waals surface area contributed by atoms with Gasteiger partial charge in [-0.05, 0) is 24.7 Å². The highest BCUT2D eigenvalue weighted by atomic mass is 32.2. The van der Waals surface area contributed by atoms with Crippen LogP contribution in [0.4, 0.5) is 0 Å². The predicted octanol–water partition coefficient (Wildman–Crippen LogP) is 5.07. The van der Waals surface area contributed by atoms with E-state index in [1.54, 1.807) is 0 Å². The van der Waals surface area contributed by atoms with Crippen molar-refractivity contribution in [3.63, 3.8) is 0 Å². The van der Waals surface area contributed by atoms with E-state index in [0.717, 1.165) is 51.4 Å². The molecule has 3 unspecified atom stereocenters. The first-order valence-electron chi connectivity index (χ1n) is 8.36. The molecule has 0 fully saturated rings. The number of unbranched alkanes of at least 4 members (excludes halogenated alkanes) is 2. The number of rotatable bonds is 12. The van der Waals surface area contributed by atoms with Crippen molar-refractivity contribution in [2.75, 3.05) is 0 Å². The van der Waals surface area contributed by atoms with Crippen LogP contribution in [0.1, 0.15) is 85.5 Å². The molecule has 0 aliphatic heterocycles. The molecule has 0 aromatic carbocycles. The van der Waals surface area contributed by atoms with Crippen molar-refractivity contribution in [1.82, 2.24) is 0 Å². The van der Waals surface area contributed by atoms with Gasteiger partial charge in [-0.15, -0.1) is 0 Å². The van der Waals surface area contributed by atoms with Gasteiger partial charge in [-0.2, -0.15) is 8.42 Å². The van der Waals surface area contributed by atoms with E-state index in [1.165, 1.54) is 0 Å². The summed E-state index contributed by atoms with van der Waals surface area (Å²) in [5.41, 5.74) is 0. The molecule has 0 amide bonds. The van der Waals surface area contributed by atoms with E-state index in [1.807, 2.05) is 6.92 Å². The van der Waals surface area contributed by atoms with E-state index in [4.69, 9.17) is 0 Å². The van der Waals surface area contributed by atoms with Crippen LogP contribution in [0, 0.1) is 11.8 Å². The second kappa shape index (κ2) is 10.6. The first kappa shape index (κ1) is 19.9. The summed E-state index contributed by atoms with van der Waals surface area (Å²) < 4.78 is 33.2. The predicted molar refractivity (Wildman–Crippen MR) is 86.6 cm³/mol. The molecule has 0 spiro atoms. The summed E-state index contributed by atoms with van der Waals surface area (Å²) >= 11 is 0. The Morgan fingerprint density at radius 1 is 0.900 bits per heavy atom. The standard InChI is InChI=1S/C16H34O3S/c1-5-9-11-14(7-3)13-16(20(17,18)19)15(8-4)12-10-6-2/h14-16H,5-13H2,1-4H3,(H,17,18,19). The molecule has 0 aliphatic carbocycles. The zero-order valence-electron chi connectivity index (χ0n) is 13.8. The molecular weight excluding hydrogens is 272 g/mol. The molecule has 0 aromatic rings. The maximum atomic E-state index is 11.8. The molecule has 0 saturated carbocycles. The molecule has 0 saturated heterocycles. The monoisotopic (exact) mass is 306 g/mol. The summed E-state index contributed by atoms with van der Waals surface area (Å²) in [4.78, 5) is 0. The van der Waals surface area contributed by atoms with Crippen LogP contribution >= 0.6 is 0 Å².